The van der Waals surface area contributed by atoms with Crippen molar-refractivity contribution in [2.24, 2.45) is 11.8 Å². The summed E-state index contributed by atoms with van der Waals surface area (Å²) < 4.78 is 0. The molecule has 2 atom stereocenters. The fourth-order valence-electron chi connectivity index (χ4n) is 1.87. The van der Waals surface area contributed by atoms with E-state index in [4.69, 9.17) is 5.11 Å². The molecule has 15 heavy (non-hydrogen) atoms. The topological polar surface area (TPSA) is 57.6 Å². The smallest absolute Gasteiger partial charge is 0.308 e. The maximum atomic E-state index is 11.8. The van der Waals surface area contributed by atoms with Crippen molar-refractivity contribution in [2.45, 2.75) is 33.1 Å². The molecule has 4 heteroatoms. The number of carbonyl (C=O) groups is 2. The summed E-state index contributed by atoms with van der Waals surface area (Å²) >= 11 is 0. The SMILES string of the molecule is CC[C@@H](C)C(=O)N1CCC[C@H](C(=O)O)C1. The average Bonchev–Trinajstić information content (AvgIpc) is 2.27. The van der Waals surface area contributed by atoms with Gasteiger partial charge in [-0.25, -0.2) is 0 Å². The molecule has 1 saturated heterocycles. The molecule has 1 N–H and O–H groups in total. The van der Waals surface area contributed by atoms with Gasteiger partial charge in [0.05, 0.1) is 5.92 Å². The summed E-state index contributed by atoms with van der Waals surface area (Å²) in [6.07, 6.45) is 2.31. The number of rotatable bonds is 3. The van der Waals surface area contributed by atoms with E-state index < -0.39 is 5.97 Å². The number of piperidine rings is 1. The van der Waals surface area contributed by atoms with Gasteiger partial charge in [-0.15, -0.1) is 0 Å². The summed E-state index contributed by atoms with van der Waals surface area (Å²) in [6, 6.07) is 0. The van der Waals surface area contributed by atoms with Crippen LogP contribution >= 0.6 is 0 Å². The van der Waals surface area contributed by atoms with Crippen molar-refractivity contribution < 1.29 is 14.7 Å². The lowest BCUT2D eigenvalue weighted by molar-refractivity contribution is -0.146. The molecule has 0 spiro atoms. The first-order chi connectivity index (χ1) is 7.06. The second-order valence-corrected chi connectivity index (χ2v) is 4.27. The highest BCUT2D eigenvalue weighted by Gasteiger charge is 2.29. The van der Waals surface area contributed by atoms with Crippen molar-refractivity contribution in [3.05, 3.63) is 0 Å². The quantitative estimate of drug-likeness (QED) is 0.770. The van der Waals surface area contributed by atoms with Crippen molar-refractivity contribution in [1.29, 1.82) is 0 Å². The summed E-state index contributed by atoms with van der Waals surface area (Å²) in [5.74, 6) is -1.04. The van der Waals surface area contributed by atoms with Crippen LogP contribution in [-0.4, -0.2) is 35.0 Å². The Hall–Kier alpha value is -1.06. The Morgan fingerprint density at radius 1 is 1.53 bits per heavy atom. The lowest BCUT2D eigenvalue weighted by Gasteiger charge is -2.32. The van der Waals surface area contributed by atoms with E-state index in [1.165, 1.54) is 0 Å². The molecule has 1 amide bonds. The summed E-state index contributed by atoms with van der Waals surface area (Å²) in [5.41, 5.74) is 0. The van der Waals surface area contributed by atoms with Gasteiger partial charge in [0.15, 0.2) is 0 Å². The molecule has 0 radical (unpaired) electrons. The number of amides is 1. The zero-order chi connectivity index (χ0) is 11.4. The largest absolute Gasteiger partial charge is 0.481 e. The molecule has 0 aromatic rings. The predicted molar refractivity (Wildman–Crippen MR) is 56.4 cm³/mol. The molecule has 0 aromatic carbocycles. The minimum atomic E-state index is -0.781. The first kappa shape index (κ1) is 12.0. The van der Waals surface area contributed by atoms with E-state index in [-0.39, 0.29) is 17.7 Å². The molecule has 4 nitrogen and oxygen atoms in total. The second-order valence-electron chi connectivity index (χ2n) is 4.27. The number of hydrogen-bond acceptors (Lipinski definition) is 2. The van der Waals surface area contributed by atoms with E-state index in [0.717, 1.165) is 12.8 Å². The first-order valence-corrected chi connectivity index (χ1v) is 5.57. The lowest BCUT2D eigenvalue weighted by atomic mass is 9.96. The molecular weight excluding hydrogens is 194 g/mol. The monoisotopic (exact) mass is 213 g/mol. The van der Waals surface area contributed by atoms with E-state index >= 15 is 0 Å². The van der Waals surface area contributed by atoms with Gasteiger partial charge < -0.3 is 10.0 Å². The van der Waals surface area contributed by atoms with Gasteiger partial charge in [0.25, 0.3) is 0 Å². The summed E-state index contributed by atoms with van der Waals surface area (Å²) in [6.45, 7) is 4.97. The van der Waals surface area contributed by atoms with E-state index in [1.807, 2.05) is 13.8 Å². The molecule has 1 heterocycles. The molecular formula is C11H19NO3. The van der Waals surface area contributed by atoms with Crippen LogP contribution in [0.3, 0.4) is 0 Å². The van der Waals surface area contributed by atoms with Gasteiger partial charge in [0, 0.05) is 19.0 Å². The highest BCUT2D eigenvalue weighted by Crippen LogP contribution is 2.19. The van der Waals surface area contributed by atoms with Crippen molar-refractivity contribution in [2.75, 3.05) is 13.1 Å². The van der Waals surface area contributed by atoms with Crippen LogP contribution in [0, 0.1) is 11.8 Å². The maximum absolute atomic E-state index is 11.8. The molecule has 1 aliphatic heterocycles. The number of likely N-dealkylation sites (tertiary alicyclic amines) is 1. The molecule has 0 unspecified atom stereocenters. The Balaban J connectivity index is 2.56. The number of hydrogen-bond donors (Lipinski definition) is 1. The van der Waals surface area contributed by atoms with Crippen molar-refractivity contribution in [1.82, 2.24) is 4.90 Å². The zero-order valence-electron chi connectivity index (χ0n) is 9.40. The van der Waals surface area contributed by atoms with Crippen LogP contribution in [-0.2, 0) is 9.59 Å². The van der Waals surface area contributed by atoms with Crippen molar-refractivity contribution >= 4 is 11.9 Å². The Kier molecular flexibility index (Phi) is 4.12. The Morgan fingerprint density at radius 2 is 2.20 bits per heavy atom. The van der Waals surface area contributed by atoms with Crippen LogP contribution < -0.4 is 0 Å². The third-order valence-corrected chi connectivity index (χ3v) is 3.12. The minimum absolute atomic E-state index is 0.0116. The van der Waals surface area contributed by atoms with Crippen molar-refractivity contribution in [3.8, 4) is 0 Å². The molecule has 1 fully saturated rings. The number of nitrogens with zero attached hydrogens (tertiary/aromatic N) is 1. The lowest BCUT2D eigenvalue weighted by Crippen LogP contribution is -2.44. The Morgan fingerprint density at radius 3 is 2.73 bits per heavy atom. The normalized spacial score (nSPS) is 23.6. The maximum Gasteiger partial charge on any atom is 0.308 e. The predicted octanol–water partition coefficient (Wildman–Crippen LogP) is 1.36. The number of carboxylic acids is 1. The number of carbonyl (C=O) groups excluding carboxylic acids is 1. The third kappa shape index (κ3) is 2.94. The fourth-order valence-corrected chi connectivity index (χ4v) is 1.87. The standard InChI is InChI=1S/C11H19NO3/c1-3-8(2)10(13)12-6-4-5-9(7-12)11(14)15/h8-9H,3-7H2,1-2H3,(H,14,15)/t8-,9+/m1/s1. The Labute approximate surface area is 90.3 Å². The number of carboxylic acid groups (broad SMARTS) is 1. The molecule has 1 rings (SSSR count). The summed E-state index contributed by atoms with van der Waals surface area (Å²) in [4.78, 5) is 24.4. The molecule has 0 saturated carbocycles. The zero-order valence-corrected chi connectivity index (χ0v) is 9.40. The van der Waals surface area contributed by atoms with Gasteiger partial charge in [0.1, 0.15) is 0 Å². The minimum Gasteiger partial charge on any atom is -0.481 e. The fraction of sp³-hybridized carbons (Fsp3) is 0.818. The van der Waals surface area contributed by atoms with Crippen molar-refractivity contribution in [3.63, 3.8) is 0 Å². The van der Waals surface area contributed by atoms with E-state index in [9.17, 15) is 9.59 Å². The van der Waals surface area contributed by atoms with Gasteiger partial charge in [0.2, 0.25) is 5.91 Å². The highest BCUT2D eigenvalue weighted by molar-refractivity contribution is 5.79. The van der Waals surface area contributed by atoms with Gasteiger partial charge in [-0.1, -0.05) is 13.8 Å². The summed E-state index contributed by atoms with van der Waals surface area (Å²) in [5, 5.41) is 8.90. The average molecular weight is 213 g/mol. The van der Waals surface area contributed by atoms with Gasteiger partial charge in [-0.3, -0.25) is 9.59 Å². The second kappa shape index (κ2) is 5.14. The van der Waals surface area contributed by atoms with E-state index in [0.29, 0.717) is 19.5 Å². The summed E-state index contributed by atoms with van der Waals surface area (Å²) in [7, 11) is 0. The van der Waals surface area contributed by atoms with Gasteiger partial charge >= 0.3 is 5.97 Å². The van der Waals surface area contributed by atoms with Crippen LogP contribution in [0.4, 0.5) is 0 Å². The van der Waals surface area contributed by atoms with Crippen LogP contribution in [0.1, 0.15) is 33.1 Å². The first-order valence-electron chi connectivity index (χ1n) is 5.57. The van der Waals surface area contributed by atoms with Gasteiger partial charge in [-0.2, -0.15) is 0 Å². The molecule has 0 bridgehead atoms. The van der Waals surface area contributed by atoms with Crippen LogP contribution in [0.15, 0.2) is 0 Å². The molecule has 0 aromatic heterocycles. The number of aliphatic carboxylic acids is 1. The van der Waals surface area contributed by atoms with Gasteiger partial charge in [-0.05, 0) is 19.3 Å². The van der Waals surface area contributed by atoms with Crippen LogP contribution in [0.2, 0.25) is 0 Å². The molecule has 0 aliphatic carbocycles. The third-order valence-electron chi connectivity index (χ3n) is 3.12. The Bertz CT molecular complexity index is 252. The molecule has 1 aliphatic rings. The van der Waals surface area contributed by atoms with Crippen LogP contribution in [0.25, 0.3) is 0 Å². The van der Waals surface area contributed by atoms with E-state index in [1.54, 1.807) is 4.90 Å². The van der Waals surface area contributed by atoms with E-state index in [2.05, 4.69) is 0 Å². The molecule has 86 valence electrons. The van der Waals surface area contributed by atoms with Crippen LogP contribution in [0.5, 0.6) is 0 Å². The highest BCUT2D eigenvalue weighted by atomic mass is 16.4.